The van der Waals surface area contributed by atoms with Crippen LogP contribution in [0.5, 0.6) is 0 Å². The summed E-state index contributed by atoms with van der Waals surface area (Å²) in [5, 5.41) is 0. The van der Waals surface area contributed by atoms with Crippen molar-refractivity contribution < 1.29 is 23.8 Å². The van der Waals surface area contributed by atoms with E-state index in [0.29, 0.717) is 12.8 Å². The molecule has 1 aliphatic carbocycles. The summed E-state index contributed by atoms with van der Waals surface area (Å²) >= 11 is -0.121. The molecule has 0 spiro atoms. The molecule has 0 radical (unpaired) electrons. The average Bonchev–Trinajstić information content (AvgIpc) is 3.15. The number of hydrogen-bond donors (Lipinski definition) is 0. The number of benzene rings is 2. The van der Waals surface area contributed by atoms with Gasteiger partial charge in [0.15, 0.2) is 0 Å². The van der Waals surface area contributed by atoms with Crippen LogP contribution in [0.4, 0.5) is 0 Å². The Morgan fingerprint density at radius 3 is 1.97 bits per heavy atom. The first kappa shape index (κ1) is 25.0. The summed E-state index contributed by atoms with van der Waals surface area (Å²) in [5.41, 5.74) is -1.61. The standard InChI is InChI=1S/C25H30O5Se2/c1-5-30-22(27)25(17-24(2,29-4)16-20(25)21(26)28-3)23(31-18-12-8-6-9-13-18)32-19-14-10-7-11-15-19/h6-15,20,23H,5,16-17H2,1-4H3/t20-,24+,25-/m0/s1. The molecule has 32 heavy (non-hydrogen) atoms. The zero-order valence-corrected chi connectivity index (χ0v) is 22.3. The molecule has 0 amide bonds. The zero-order valence-electron chi connectivity index (χ0n) is 18.9. The SMILES string of the molecule is CCOC(=O)[C@]1(C([Se]c2ccccc2)[Se]c2ccccc2)C[C@](C)(OC)C[C@H]1C(=O)OC. The number of carbonyl (C=O) groups is 2. The van der Waals surface area contributed by atoms with Gasteiger partial charge in [-0.05, 0) is 0 Å². The molecule has 1 fully saturated rings. The van der Waals surface area contributed by atoms with Gasteiger partial charge in [-0.2, -0.15) is 0 Å². The van der Waals surface area contributed by atoms with Gasteiger partial charge in [0.2, 0.25) is 0 Å². The van der Waals surface area contributed by atoms with Crippen molar-refractivity contribution in [2.24, 2.45) is 11.3 Å². The first-order valence-electron chi connectivity index (χ1n) is 10.6. The van der Waals surface area contributed by atoms with Gasteiger partial charge in [-0.3, -0.25) is 0 Å². The molecule has 3 rings (SSSR count). The summed E-state index contributed by atoms with van der Waals surface area (Å²) in [6.45, 7) is 4.05. The zero-order chi connectivity index (χ0) is 23.2. The van der Waals surface area contributed by atoms with Gasteiger partial charge in [0.05, 0.1) is 0 Å². The predicted molar refractivity (Wildman–Crippen MR) is 127 cm³/mol. The van der Waals surface area contributed by atoms with Gasteiger partial charge in [-0.1, -0.05) is 0 Å². The molecule has 2 aromatic carbocycles. The molecule has 0 N–H and O–H groups in total. The first-order chi connectivity index (χ1) is 15.4. The Morgan fingerprint density at radius 2 is 1.53 bits per heavy atom. The second-order valence-electron chi connectivity index (χ2n) is 8.07. The minimum absolute atomic E-state index is 0.0487. The Kier molecular flexibility index (Phi) is 8.60. The van der Waals surface area contributed by atoms with Crippen LogP contribution in [0.2, 0.25) is 3.71 Å². The normalized spacial score (nSPS) is 25.0. The van der Waals surface area contributed by atoms with E-state index in [4.69, 9.17) is 14.2 Å². The van der Waals surface area contributed by atoms with Crippen molar-refractivity contribution in [3.8, 4) is 0 Å². The van der Waals surface area contributed by atoms with E-state index in [1.54, 1.807) is 7.11 Å². The van der Waals surface area contributed by atoms with E-state index in [1.807, 2.05) is 50.2 Å². The molecule has 0 bridgehead atoms. The number of hydrogen-bond acceptors (Lipinski definition) is 5. The molecule has 0 aliphatic heterocycles. The van der Waals surface area contributed by atoms with E-state index in [1.165, 1.54) is 16.0 Å². The van der Waals surface area contributed by atoms with Gasteiger partial charge in [-0.25, -0.2) is 0 Å². The molecule has 5 nitrogen and oxygen atoms in total. The fourth-order valence-corrected chi connectivity index (χ4v) is 12.1. The molecule has 3 atom stereocenters. The van der Waals surface area contributed by atoms with Gasteiger partial charge < -0.3 is 0 Å². The van der Waals surface area contributed by atoms with Gasteiger partial charge >= 0.3 is 203 Å². The molecular formula is C25H30O5Se2. The van der Waals surface area contributed by atoms with Crippen molar-refractivity contribution in [2.45, 2.75) is 36.0 Å². The van der Waals surface area contributed by atoms with Crippen LogP contribution in [0.1, 0.15) is 26.7 Å². The van der Waals surface area contributed by atoms with Crippen molar-refractivity contribution >= 4 is 50.8 Å². The summed E-state index contributed by atoms with van der Waals surface area (Å²) in [5.74, 6) is -1.29. The van der Waals surface area contributed by atoms with Crippen LogP contribution in [-0.4, -0.2) is 68.3 Å². The quantitative estimate of drug-likeness (QED) is 0.344. The van der Waals surface area contributed by atoms with Crippen molar-refractivity contribution in [1.29, 1.82) is 0 Å². The van der Waals surface area contributed by atoms with Crippen molar-refractivity contribution in [3.05, 3.63) is 60.7 Å². The average molecular weight is 568 g/mol. The van der Waals surface area contributed by atoms with E-state index in [2.05, 4.69) is 24.3 Å². The molecule has 0 unspecified atom stereocenters. The van der Waals surface area contributed by atoms with Crippen LogP contribution in [0.15, 0.2) is 60.7 Å². The van der Waals surface area contributed by atoms with Crippen molar-refractivity contribution in [3.63, 3.8) is 0 Å². The van der Waals surface area contributed by atoms with E-state index >= 15 is 0 Å². The molecule has 0 heterocycles. The van der Waals surface area contributed by atoms with Gasteiger partial charge in [-0.15, -0.1) is 0 Å². The molecule has 0 aromatic heterocycles. The molecule has 1 saturated carbocycles. The molecule has 7 heteroatoms. The minimum atomic E-state index is -1.00. The second kappa shape index (κ2) is 11.0. The maximum absolute atomic E-state index is 13.8. The molecule has 2 aromatic rings. The topological polar surface area (TPSA) is 61.8 Å². The van der Waals surface area contributed by atoms with Crippen LogP contribution in [-0.2, 0) is 23.8 Å². The van der Waals surface area contributed by atoms with Crippen LogP contribution in [0.25, 0.3) is 0 Å². The van der Waals surface area contributed by atoms with Crippen LogP contribution in [0, 0.1) is 11.3 Å². The predicted octanol–water partition coefficient (Wildman–Crippen LogP) is 2.33. The number of esters is 2. The van der Waals surface area contributed by atoms with Crippen LogP contribution in [0.3, 0.4) is 0 Å². The fraction of sp³-hybridized carbons (Fsp3) is 0.440. The Hall–Kier alpha value is -1.62. The Morgan fingerprint density at radius 1 is 1.00 bits per heavy atom. The molecule has 172 valence electrons. The van der Waals surface area contributed by atoms with E-state index in [9.17, 15) is 9.59 Å². The molecule has 0 saturated heterocycles. The van der Waals surface area contributed by atoms with E-state index in [0.717, 1.165) is 0 Å². The fourth-order valence-electron chi connectivity index (χ4n) is 4.32. The Bertz CT molecular complexity index is 866. The van der Waals surface area contributed by atoms with E-state index < -0.39 is 16.9 Å². The van der Waals surface area contributed by atoms with Gasteiger partial charge in [0, 0.05) is 0 Å². The van der Waals surface area contributed by atoms with Crippen LogP contribution < -0.4 is 8.92 Å². The summed E-state index contributed by atoms with van der Waals surface area (Å²) in [6, 6.07) is 20.5. The summed E-state index contributed by atoms with van der Waals surface area (Å²) in [7, 11) is 3.04. The monoisotopic (exact) mass is 570 g/mol. The molecule has 1 aliphatic rings. The van der Waals surface area contributed by atoms with Gasteiger partial charge in [0.25, 0.3) is 0 Å². The Balaban J connectivity index is 2.15. The summed E-state index contributed by atoms with van der Waals surface area (Å²) < 4.78 is 19.1. The summed E-state index contributed by atoms with van der Waals surface area (Å²) in [6.07, 6.45) is 0.865. The van der Waals surface area contributed by atoms with Crippen molar-refractivity contribution in [1.82, 2.24) is 0 Å². The first-order valence-corrected chi connectivity index (χ1v) is 14.3. The third kappa shape index (κ3) is 5.30. The maximum atomic E-state index is 13.8. The third-order valence-corrected chi connectivity index (χ3v) is 13.0. The number of carbonyl (C=O) groups excluding carboxylic acids is 2. The number of methoxy groups -OCH3 is 2. The third-order valence-electron chi connectivity index (χ3n) is 5.95. The van der Waals surface area contributed by atoms with Gasteiger partial charge in [0.1, 0.15) is 0 Å². The van der Waals surface area contributed by atoms with E-state index in [-0.39, 0.29) is 52.2 Å². The number of rotatable bonds is 9. The summed E-state index contributed by atoms with van der Waals surface area (Å²) in [4.78, 5) is 26.8. The van der Waals surface area contributed by atoms with Crippen LogP contribution >= 0.6 is 0 Å². The number of ether oxygens (including phenoxy) is 3. The van der Waals surface area contributed by atoms with Crippen molar-refractivity contribution in [2.75, 3.05) is 20.8 Å². The second-order valence-corrected chi connectivity index (χ2v) is 14.5. The molecular weight excluding hydrogens is 538 g/mol. The Labute approximate surface area is 202 Å².